The SMILES string of the molecule is CNC1NC(Nc2cc3c(c(C4=CCN[C@H](CO)CC4)c2F)OCC3)NC(C)C1C1CCCCCCC1. The van der Waals surface area contributed by atoms with Crippen molar-refractivity contribution >= 4 is 11.3 Å². The molecule has 3 aliphatic heterocycles. The van der Waals surface area contributed by atoms with E-state index in [4.69, 9.17) is 4.74 Å². The highest BCUT2D eigenvalue weighted by Gasteiger charge is 2.39. The highest BCUT2D eigenvalue weighted by molar-refractivity contribution is 5.77. The summed E-state index contributed by atoms with van der Waals surface area (Å²) in [4.78, 5) is 0. The van der Waals surface area contributed by atoms with E-state index < -0.39 is 0 Å². The van der Waals surface area contributed by atoms with Crippen molar-refractivity contribution < 1.29 is 14.2 Å². The van der Waals surface area contributed by atoms with Crippen LogP contribution in [0.3, 0.4) is 0 Å². The first-order valence-electron chi connectivity index (χ1n) is 14.6. The minimum absolute atomic E-state index is 0.0356. The first-order valence-corrected chi connectivity index (χ1v) is 14.6. The van der Waals surface area contributed by atoms with E-state index in [0.717, 1.165) is 24.0 Å². The molecule has 1 saturated carbocycles. The van der Waals surface area contributed by atoms with Crippen LogP contribution in [0.4, 0.5) is 10.1 Å². The number of rotatable bonds is 6. The number of ether oxygens (including phenoxy) is 1. The summed E-state index contributed by atoms with van der Waals surface area (Å²) in [5, 5.41) is 27.3. The molecule has 6 N–H and O–H groups in total. The molecule has 0 amide bonds. The maximum absolute atomic E-state index is 16.2. The predicted octanol–water partition coefficient (Wildman–Crippen LogP) is 3.69. The fraction of sp³-hybridized carbons (Fsp3) is 0.724. The zero-order chi connectivity index (χ0) is 25.8. The molecular weight excluding hydrogens is 469 g/mol. The molecule has 0 aromatic heterocycles. The van der Waals surface area contributed by atoms with Gasteiger partial charge in [0, 0.05) is 36.5 Å². The monoisotopic (exact) mass is 515 g/mol. The van der Waals surface area contributed by atoms with Crippen molar-refractivity contribution in [3.63, 3.8) is 0 Å². The van der Waals surface area contributed by atoms with Crippen LogP contribution in [0.15, 0.2) is 12.1 Å². The molecule has 1 aliphatic carbocycles. The lowest BCUT2D eigenvalue weighted by Crippen LogP contribution is -2.69. The number of allylic oxidation sites excluding steroid dienone is 1. The number of anilines is 1. The normalized spacial score (nSPS) is 31.5. The molecule has 1 aromatic rings. The number of halogens is 1. The molecule has 1 aromatic carbocycles. The molecule has 5 atom stereocenters. The first-order chi connectivity index (χ1) is 18.1. The number of hydrogen-bond donors (Lipinski definition) is 6. The zero-order valence-corrected chi connectivity index (χ0v) is 22.5. The van der Waals surface area contributed by atoms with E-state index in [2.05, 4.69) is 39.6 Å². The van der Waals surface area contributed by atoms with Gasteiger partial charge in [-0.05, 0) is 44.4 Å². The van der Waals surface area contributed by atoms with E-state index in [9.17, 15) is 5.11 Å². The van der Waals surface area contributed by atoms with Crippen molar-refractivity contribution in [3.8, 4) is 5.75 Å². The topological polar surface area (TPSA) is 89.6 Å². The lowest BCUT2D eigenvalue weighted by Gasteiger charge is -2.46. The van der Waals surface area contributed by atoms with Gasteiger partial charge in [0.15, 0.2) is 5.82 Å². The maximum atomic E-state index is 16.2. The number of aliphatic hydroxyl groups is 1. The number of aliphatic hydroxyl groups excluding tert-OH is 1. The smallest absolute Gasteiger partial charge is 0.157 e. The quantitative estimate of drug-likeness (QED) is 0.345. The number of benzene rings is 1. The van der Waals surface area contributed by atoms with Crippen molar-refractivity contribution in [1.29, 1.82) is 0 Å². The van der Waals surface area contributed by atoms with Gasteiger partial charge in [0.25, 0.3) is 0 Å². The lowest BCUT2D eigenvalue weighted by molar-refractivity contribution is 0.0944. The highest BCUT2D eigenvalue weighted by Crippen LogP contribution is 2.42. The van der Waals surface area contributed by atoms with Gasteiger partial charge in [-0.2, -0.15) is 0 Å². The summed E-state index contributed by atoms with van der Waals surface area (Å²) in [7, 11) is 2.03. The Morgan fingerprint density at radius 2 is 1.86 bits per heavy atom. The summed E-state index contributed by atoms with van der Waals surface area (Å²) in [6.07, 6.45) is 13.5. The Hall–Kier alpha value is -1.71. The van der Waals surface area contributed by atoms with Crippen LogP contribution < -0.4 is 31.3 Å². The van der Waals surface area contributed by atoms with Gasteiger partial charge in [0.1, 0.15) is 12.0 Å². The second-order valence-corrected chi connectivity index (χ2v) is 11.4. The summed E-state index contributed by atoms with van der Waals surface area (Å²) >= 11 is 0. The third kappa shape index (κ3) is 5.98. The van der Waals surface area contributed by atoms with E-state index in [1.807, 2.05) is 13.1 Å². The maximum Gasteiger partial charge on any atom is 0.157 e. The van der Waals surface area contributed by atoms with Crippen LogP contribution in [0.25, 0.3) is 5.57 Å². The molecule has 1 saturated heterocycles. The third-order valence-corrected chi connectivity index (χ3v) is 9.01. The van der Waals surface area contributed by atoms with Crippen molar-refractivity contribution in [2.24, 2.45) is 11.8 Å². The van der Waals surface area contributed by atoms with E-state index >= 15 is 4.39 Å². The van der Waals surface area contributed by atoms with E-state index in [1.54, 1.807) is 0 Å². The molecule has 4 aliphatic rings. The Balaban J connectivity index is 1.35. The first kappa shape index (κ1) is 26.9. The average molecular weight is 516 g/mol. The number of fused-ring (bicyclic) bond motifs is 1. The molecular formula is C29H46FN5O2. The lowest BCUT2D eigenvalue weighted by atomic mass is 9.76. The summed E-state index contributed by atoms with van der Waals surface area (Å²) < 4.78 is 22.1. The molecule has 2 fully saturated rings. The number of nitrogens with one attached hydrogen (secondary N) is 5. The van der Waals surface area contributed by atoms with Crippen LogP contribution in [0.5, 0.6) is 5.75 Å². The van der Waals surface area contributed by atoms with Gasteiger partial charge in [-0.3, -0.25) is 10.6 Å². The Morgan fingerprint density at radius 1 is 1.08 bits per heavy atom. The minimum atomic E-state index is -0.256. The highest BCUT2D eigenvalue weighted by atomic mass is 19.1. The van der Waals surface area contributed by atoms with Gasteiger partial charge in [-0.25, -0.2) is 4.39 Å². The van der Waals surface area contributed by atoms with Gasteiger partial charge in [0.05, 0.1) is 30.6 Å². The fourth-order valence-corrected chi connectivity index (χ4v) is 7.04. The van der Waals surface area contributed by atoms with Gasteiger partial charge in [-0.1, -0.05) is 51.0 Å². The molecule has 7 nitrogen and oxygen atoms in total. The van der Waals surface area contributed by atoms with Crippen molar-refractivity contribution in [1.82, 2.24) is 21.3 Å². The summed E-state index contributed by atoms with van der Waals surface area (Å²) in [5.74, 6) is 1.60. The Bertz CT molecular complexity index is 949. The van der Waals surface area contributed by atoms with Gasteiger partial charge < -0.3 is 25.8 Å². The summed E-state index contributed by atoms with van der Waals surface area (Å²) in [6.45, 7) is 3.56. The second kappa shape index (κ2) is 12.4. The summed E-state index contributed by atoms with van der Waals surface area (Å²) in [5.41, 5.74) is 3.10. The average Bonchev–Trinajstić information content (AvgIpc) is 3.20. The van der Waals surface area contributed by atoms with E-state index in [-0.39, 0.29) is 30.9 Å². The molecule has 8 heteroatoms. The fourth-order valence-electron chi connectivity index (χ4n) is 7.04. The molecule has 0 spiro atoms. The standard InChI is InChI=1S/C29H46FN5O2/c1-18-24(19-8-6-4-3-5-7-9-19)28(31-2)35-29(33-18)34-23-16-21-13-15-37-27(21)25(26(23)30)20-10-11-22(17-36)32-14-12-20/h12,16,18-19,22,24,28-29,31-36H,3-11,13-15,17H2,1-2H3/t18?,22-,24?,28?,29?/m0/s1. The predicted molar refractivity (Wildman–Crippen MR) is 147 cm³/mol. The van der Waals surface area contributed by atoms with E-state index in [0.29, 0.717) is 54.5 Å². The molecule has 37 heavy (non-hydrogen) atoms. The zero-order valence-electron chi connectivity index (χ0n) is 22.5. The van der Waals surface area contributed by atoms with Crippen molar-refractivity contribution in [2.75, 3.05) is 32.1 Å². The van der Waals surface area contributed by atoms with Crippen LogP contribution in [0, 0.1) is 17.7 Å². The van der Waals surface area contributed by atoms with Gasteiger partial charge in [-0.15, -0.1) is 0 Å². The molecule has 0 bridgehead atoms. The largest absolute Gasteiger partial charge is 0.492 e. The molecule has 5 rings (SSSR count). The Kier molecular flexibility index (Phi) is 9.03. The second-order valence-electron chi connectivity index (χ2n) is 11.4. The minimum Gasteiger partial charge on any atom is -0.492 e. The van der Waals surface area contributed by atoms with Gasteiger partial charge in [0.2, 0.25) is 0 Å². The number of hydrogen-bond acceptors (Lipinski definition) is 7. The van der Waals surface area contributed by atoms with Crippen LogP contribution in [-0.2, 0) is 6.42 Å². The molecule has 206 valence electrons. The van der Waals surface area contributed by atoms with Crippen LogP contribution in [0.1, 0.15) is 75.8 Å². The Morgan fingerprint density at radius 3 is 2.62 bits per heavy atom. The molecule has 0 radical (unpaired) electrons. The molecule has 4 unspecified atom stereocenters. The molecule has 3 heterocycles. The summed E-state index contributed by atoms with van der Waals surface area (Å²) in [6, 6.07) is 2.26. The van der Waals surface area contributed by atoms with Gasteiger partial charge >= 0.3 is 0 Å². The van der Waals surface area contributed by atoms with Crippen LogP contribution in [-0.4, -0.2) is 56.5 Å². The third-order valence-electron chi connectivity index (χ3n) is 9.01. The van der Waals surface area contributed by atoms with Crippen LogP contribution >= 0.6 is 0 Å². The Labute approximate surface area is 221 Å². The van der Waals surface area contributed by atoms with Crippen molar-refractivity contribution in [2.45, 2.75) is 95.7 Å². The van der Waals surface area contributed by atoms with Crippen LogP contribution in [0.2, 0.25) is 0 Å². The van der Waals surface area contributed by atoms with Crippen molar-refractivity contribution in [3.05, 3.63) is 29.1 Å². The van der Waals surface area contributed by atoms with E-state index in [1.165, 1.54) is 44.9 Å².